The first kappa shape index (κ1) is 15.4. The Balaban J connectivity index is 4.19. The van der Waals surface area contributed by atoms with E-state index in [2.05, 4.69) is 52.8 Å². The molecule has 0 N–H and O–H groups in total. The van der Waals surface area contributed by atoms with Crippen LogP contribution in [0.3, 0.4) is 0 Å². The summed E-state index contributed by atoms with van der Waals surface area (Å²) in [4.78, 5) is 2.42. The lowest BCUT2D eigenvalue weighted by Gasteiger charge is -2.27. The molecule has 0 fully saturated rings. The third-order valence-electron chi connectivity index (χ3n) is 3.04. The van der Waals surface area contributed by atoms with Gasteiger partial charge in [0.15, 0.2) is 0 Å². The van der Waals surface area contributed by atoms with E-state index in [9.17, 15) is 0 Å². The summed E-state index contributed by atoms with van der Waals surface area (Å²) in [6.45, 7) is 17.9. The Bertz CT molecular complexity index is 228. The minimum absolute atomic E-state index is 0.623. The van der Waals surface area contributed by atoms with Crippen molar-refractivity contribution < 1.29 is 0 Å². The van der Waals surface area contributed by atoms with Gasteiger partial charge in [-0.2, -0.15) is 0 Å². The lowest BCUT2D eigenvalue weighted by Crippen LogP contribution is -2.31. The summed E-state index contributed by atoms with van der Waals surface area (Å²) in [6, 6.07) is 0.623. The molecule has 0 aliphatic rings. The van der Waals surface area contributed by atoms with Crippen molar-refractivity contribution >= 4 is 0 Å². The molecule has 0 rings (SSSR count). The van der Waals surface area contributed by atoms with Gasteiger partial charge in [0.2, 0.25) is 0 Å². The molecule has 1 unspecified atom stereocenters. The van der Waals surface area contributed by atoms with Gasteiger partial charge in [-0.3, -0.25) is 0 Å². The van der Waals surface area contributed by atoms with Gasteiger partial charge >= 0.3 is 0 Å². The molecule has 0 aliphatic carbocycles. The molecule has 0 amide bonds. The zero-order valence-corrected chi connectivity index (χ0v) is 11.8. The van der Waals surface area contributed by atoms with Crippen molar-refractivity contribution in [2.45, 2.75) is 53.0 Å². The van der Waals surface area contributed by atoms with E-state index in [1.807, 2.05) is 0 Å². The van der Waals surface area contributed by atoms with Crippen LogP contribution in [0.25, 0.3) is 0 Å². The van der Waals surface area contributed by atoms with Gasteiger partial charge in [-0.15, -0.1) is 13.2 Å². The normalized spacial score (nSPS) is 13.2. The van der Waals surface area contributed by atoms with Gasteiger partial charge < -0.3 is 4.90 Å². The lowest BCUT2D eigenvalue weighted by atomic mass is 9.93. The van der Waals surface area contributed by atoms with Crippen LogP contribution in [0.5, 0.6) is 0 Å². The number of allylic oxidation sites excluding steroid dienone is 2. The van der Waals surface area contributed by atoms with Crippen molar-refractivity contribution in [1.29, 1.82) is 0 Å². The summed E-state index contributed by atoms with van der Waals surface area (Å²) >= 11 is 0. The Morgan fingerprint density at radius 3 is 2.06 bits per heavy atom. The molecule has 0 saturated heterocycles. The Morgan fingerprint density at radius 2 is 1.69 bits per heavy atom. The van der Waals surface area contributed by atoms with E-state index in [1.165, 1.54) is 17.6 Å². The Kier molecular flexibility index (Phi) is 7.40. The molecular weight excluding hydrogens is 194 g/mol. The molecule has 0 aromatic heterocycles. The monoisotopic (exact) mass is 223 g/mol. The summed E-state index contributed by atoms with van der Waals surface area (Å²) in [6.07, 6.45) is 3.52. The summed E-state index contributed by atoms with van der Waals surface area (Å²) in [5, 5.41) is 0. The average molecular weight is 223 g/mol. The van der Waals surface area contributed by atoms with E-state index in [0.717, 1.165) is 25.3 Å². The molecule has 16 heavy (non-hydrogen) atoms. The second kappa shape index (κ2) is 7.67. The first-order valence-corrected chi connectivity index (χ1v) is 6.32. The molecule has 1 atom stereocenters. The van der Waals surface area contributed by atoms with Crippen LogP contribution in [-0.2, 0) is 0 Å². The van der Waals surface area contributed by atoms with E-state index in [4.69, 9.17) is 0 Å². The molecule has 0 saturated carbocycles. The van der Waals surface area contributed by atoms with Crippen LogP contribution in [0.4, 0.5) is 0 Å². The van der Waals surface area contributed by atoms with Crippen LogP contribution in [0, 0.1) is 5.92 Å². The first-order chi connectivity index (χ1) is 7.32. The standard InChI is InChI=1S/C15H29N/c1-12(2)8-9-15(10-13(3)4)11-16(7)14(5)6/h14-15H,1,3,8-11H2,2,4-7H3. The Morgan fingerprint density at radius 1 is 1.12 bits per heavy atom. The third kappa shape index (κ3) is 7.70. The van der Waals surface area contributed by atoms with Gasteiger partial charge in [-0.25, -0.2) is 0 Å². The molecule has 0 aromatic carbocycles. The largest absolute Gasteiger partial charge is 0.304 e. The van der Waals surface area contributed by atoms with Crippen LogP contribution in [0.2, 0.25) is 0 Å². The average Bonchev–Trinajstić information content (AvgIpc) is 2.12. The first-order valence-electron chi connectivity index (χ1n) is 6.32. The van der Waals surface area contributed by atoms with E-state index >= 15 is 0 Å². The maximum absolute atomic E-state index is 4.03. The second-order valence-electron chi connectivity index (χ2n) is 5.56. The number of hydrogen-bond acceptors (Lipinski definition) is 1. The summed E-state index contributed by atoms with van der Waals surface area (Å²) < 4.78 is 0. The molecule has 1 nitrogen and oxygen atoms in total. The van der Waals surface area contributed by atoms with Gasteiger partial charge in [-0.1, -0.05) is 11.1 Å². The maximum atomic E-state index is 4.03. The predicted octanol–water partition coefficient (Wildman–Crippen LogP) is 4.27. The topological polar surface area (TPSA) is 3.24 Å². The molecule has 1 heteroatoms. The SMILES string of the molecule is C=C(C)CCC(CC(=C)C)CN(C)C(C)C. The maximum Gasteiger partial charge on any atom is 0.00356 e. The van der Waals surface area contributed by atoms with E-state index in [1.54, 1.807) is 0 Å². The van der Waals surface area contributed by atoms with Crippen LogP contribution in [0.1, 0.15) is 47.0 Å². The Hall–Kier alpha value is -0.560. The molecule has 0 aromatic rings. The van der Waals surface area contributed by atoms with Crippen LogP contribution in [0.15, 0.2) is 24.3 Å². The van der Waals surface area contributed by atoms with E-state index in [0.29, 0.717) is 6.04 Å². The highest BCUT2D eigenvalue weighted by atomic mass is 15.1. The second-order valence-corrected chi connectivity index (χ2v) is 5.56. The molecule has 0 heterocycles. The fourth-order valence-corrected chi connectivity index (χ4v) is 1.82. The molecule has 94 valence electrons. The Labute approximate surface area is 102 Å². The molecular formula is C15H29N. The zero-order chi connectivity index (χ0) is 12.7. The number of hydrogen-bond donors (Lipinski definition) is 0. The highest BCUT2D eigenvalue weighted by Crippen LogP contribution is 2.19. The molecule has 0 radical (unpaired) electrons. The molecule has 0 aliphatic heterocycles. The van der Waals surface area contributed by atoms with Crippen molar-refractivity contribution in [1.82, 2.24) is 4.90 Å². The van der Waals surface area contributed by atoms with Crippen molar-refractivity contribution in [2.24, 2.45) is 5.92 Å². The van der Waals surface area contributed by atoms with Gasteiger partial charge in [0.05, 0.1) is 0 Å². The zero-order valence-electron chi connectivity index (χ0n) is 11.8. The van der Waals surface area contributed by atoms with Crippen molar-refractivity contribution in [3.05, 3.63) is 24.3 Å². The fraction of sp³-hybridized carbons (Fsp3) is 0.733. The number of rotatable bonds is 8. The van der Waals surface area contributed by atoms with E-state index in [-0.39, 0.29) is 0 Å². The third-order valence-corrected chi connectivity index (χ3v) is 3.04. The van der Waals surface area contributed by atoms with Gasteiger partial charge in [0.25, 0.3) is 0 Å². The summed E-state index contributed by atoms with van der Waals surface area (Å²) in [7, 11) is 2.21. The van der Waals surface area contributed by atoms with Crippen molar-refractivity contribution in [3.63, 3.8) is 0 Å². The van der Waals surface area contributed by atoms with E-state index < -0.39 is 0 Å². The fourth-order valence-electron chi connectivity index (χ4n) is 1.82. The van der Waals surface area contributed by atoms with Gasteiger partial charge in [-0.05, 0) is 59.9 Å². The lowest BCUT2D eigenvalue weighted by molar-refractivity contribution is 0.222. The van der Waals surface area contributed by atoms with Crippen LogP contribution in [-0.4, -0.2) is 24.5 Å². The minimum atomic E-state index is 0.623. The van der Waals surface area contributed by atoms with Gasteiger partial charge in [0, 0.05) is 12.6 Å². The van der Waals surface area contributed by atoms with Crippen LogP contribution >= 0.6 is 0 Å². The molecule has 0 spiro atoms. The van der Waals surface area contributed by atoms with Gasteiger partial charge in [0.1, 0.15) is 0 Å². The van der Waals surface area contributed by atoms with Crippen molar-refractivity contribution in [2.75, 3.05) is 13.6 Å². The predicted molar refractivity (Wildman–Crippen MR) is 74.7 cm³/mol. The smallest absolute Gasteiger partial charge is 0.00356 e. The van der Waals surface area contributed by atoms with Crippen molar-refractivity contribution in [3.8, 4) is 0 Å². The highest BCUT2D eigenvalue weighted by molar-refractivity contribution is 4.94. The molecule has 0 bridgehead atoms. The quantitative estimate of drug-likeness (QED) is 0.556. The number of nitrogens with zero attached hydrogens (tertiary/aromatic N) is 1. The minimum Gasteiger partial charge on any atom is -0.304 e. The highest BCUT2D eigenvalue weighted by Gasteiger charge is 2.13. The summed E-state index contributed by atoms with van der Waals surface area (Å²) in [5.41, 5.74) is 2.59. The van der Waals surface area contributed by atoms with Crippen LogP contribution < -0.4 is 0 Å². The summed E-state index contributed by atoms with van der Waals surface area (Å²) in [5.74, 6) is 0.724.